The molecular weight excluding hydrogens is 626 g/mol. The molecule has 0 heterocycles. The molecule has 168 valence electrons. The lowest BCUT2D eigenvalue weighted by molar-refractivity contribution is -0.118. The number of phenolic OH excluding ortho intramolecular Hbond substituents is 1. The van der Waals surface area contributed by atoms with E-state index in [2.05, 4.69) is 10.6 Å². The van der Waals surface area contributed by atoms with Crippen molar-refractivity contribution in [1.82, 2.24) is 5.32 Å². The van der Waals surface area contributed by atoms with E-state index in [4.69, 9.17) is 9.47 Å². The Morgan fingerprint density at radius 1 is 1.13 bits per heavy atom. The van der Waals surface area contributed by atoms with Gasteiger partial charge in [0.05, 0.1) is 19.9 Å². The fourth-order valence-corrected chi connectivity index (χ4v) is 4.67. The molecule has 0 aliphatic carbocycles. The molecule has 0 radical (unpaired) electrons. The van der Waals surface area contributed by atoms with Crippen LogP contribution in [-0.4, -0.2) is 35.9 Å². The number of aromatic hydroxyl groups is 1. The summed E-state index contributed by atoms with van der Waals surface area (Å²) < 4.78 is 12.0. The first-order valence-electron chi connectivity index (χ1n) is 9.51. The molecule has 2 amide bonds. The molecule has 2 aromatic rings. The molecule has 9 heteroatoms. The van der Waals surface area contributed by atoms with Crippen molar-refractivity contribution in [3.05, 3.63) is 48.6 Å². The number of rotatable bonds is 6. The van der Waals surface area contributed by atoms with E-state index in [1.807, 2.05) is 58.2 Å². The van der Waals surface area contributed by atoms with E-state index < -0.39 is 23.6 Å². The van der Waals surface area contributed by atoms with E-state index in [0.717, 1.165) is 11.1 Å². The SMILES string of the molecule is COc1ccc(C)cc1NC(=O)[C@H](Cc1cc(I)c(O)c(I)c1)NC(=O)OC(C)(C)C. The molecule has 0 saturated heterocycles. The number of benzene rings is 2. The minimum atomic E-state index is -0.906. The van der Waals surface area contributed by atoms with Gasteiger partial charge in [0.15, 0.2) is 0 Å². The number of ether oxygens (including phenoxy) is 2. The summed E-state index contributed by atoms with van der Waals surface area (Å²) in [5.74, 6) is 0.298. The molecule has 2 aromatic carbocycles. The maximum absolute atomic E-state index is 13.1. The third-order valence-corrected chi connectivity index (χ3v) is 5.78. The Labute approximate surface area is 209 Å². The van der Waals surface area contributed by atoms with Crippen molar-refractivity contribution in [3.63, 3.8) is 0 Å². The summed E-state index contributed by atoms with van der Waals surface area (Å²) in [7, 11) is 1.52. The fourth-order valence-electron chi connectivity index (χ4n) is 2.77. The normalized spacial score (nSPS) is 12.1. The molecule has 0 aliphatic rings. The van der Waals surface area contributed by atoms with Crippen molar-refractivity contribution in [2.24, 2.45) is 0 Å². The van der Waals surface area contributed by atoms with Crippen molar-refractivity contribution in [2.75, 3.05) is 12.4 Å². The summed E-state index contributed by atoms with van der Waals surface area (Å²) in [6, 6.07) is 8.10. The van der Waals surface area contributed by atoms with Gasteiger partial charge in [-0.15, -0.1) is 0 Å². The van der Waals surface area contributed by atoms with E-state index in [1.165, 1.54) is 7.11 Å². The van der Waals surface area contributed by atoms with Gasteiger partial charge in [-0.2, -0.15) is 0 Å². The Hall–Kier alpha value is -1.76. The molecule has 0 fully saturated rings. The van der Waals surface area contributed by atoms with Gasteiger partial charge in [0.1, 0.15) is 23.1 Å². The number of phenols is 1. The van der Waals surface area contributed by atoms with Crippen LogP contribution in [0.2, 0.25) is 0 Å². The van der Waals surface area contributed by atoms with E-state index in [0.29, 0.717) is 18.6 Å². The maximum atomic E-state index is 13.1. The van der Waals surface area contributed by atoms with Crippen LogP contribution in [0.25, 0.3) is 0 Å². The number of aryl methyl sites for hydroxylation is 1. The molecule has 3 N–H and O–H groups in total. The summed E-state index contributed by atoms with van der Waals surface area (Å²) in [5.41, 5.74) is 1.56. The number of carbonyl (C=O) groups excluding carboxylic acids is 2. The average molecular weight is 652 g/mol. The number of anilines is 1. The van der Waals surface area contributed by atoms with Crippen LogP contribution in [0.15, 0.2) is 30.3 Å². The van der Waals surface area contributed by atoms with Crippen LogP contribution in [-0.2, 0) is 16.0 Å². The van der Waals surface area contributed by atoms with Gasteiger partial charge in [-0.05, 0) is 108 Å². The zero-order valence-corrected chi connectivity index (χ0v) is 22.3. The van der Waals surface area contributed by atoms with Crippen molar-refractivity contribution in [2.45, 2.75) is 45.8 Å². The summed E-state index contributed by atoms with van der Waals surface area (Å²) in [5, 5.41) is 15.5. The molecule has 2 rings (SSSR count). The van der Waals surface area contributed by atoms with Crippen LogP contribution >= 0.6 is 45.2 Å². The van der Waals surface area contributed by atoms with Gasteiger partial charge in [-0.1, -0.05) is 6.07 Å². The first-order chi connectivity index (χ1) is 14.4. The number of hydrogen-bond acceptors (Lipinski definition) is 5. The second kappa shape index (κ2) is 10.7. The Kier molecular flexibility index (Phi) is 8.81. The monoisotopic (exact) mass is 652 g/mol. The van der Waals surface area contributed by atoms with Crippen LogP contribution < -0.4 is 15.4 Å². The largest absolute Gasteiger partial charge is 0.506 e. The Bertz CT molecular complexity index is 950. The van der Waals surface area contributed by atoms with Gasteiger partial charge < -0.3 is 25.2 Å². The van der Waals surface area contributed by atoms with Crippen LogP contribution in [0.3, 0.4) is 0 Å². The first kappa shape index (κ1) is 25.5. The fraction of sp³-hybridized carbons (Fsp3) is 0.364. The molecule has 1 atom stereocenters. The maximum Gasteiger partial charge on any atom is 0.408 e. The molecule has 31 heavy (non-hydrogen) atoms. The number of carbonyl (C=O) groups is 2. The predicted molar refractivity (Wildman–Crippen MR) is 137 cm³/mol. The molecule has 0 aliphatic heterocycles. The second-order valence-corrected chi connectivity index (χ2v) is 10.3. The topological polar surface area (TPSA) is 96.9 Å². The molecular formula is C22H26I2N2O5. The number of amides is 2. The van der Waals surface area contributed by atoms with Gasteiger partial charge in [-0.25, -0.2) is 4.79 Å². The lowest BCUT2D eigenvalue weighted by atomic mass is 10.0. The minimum absolute atomic E-state index is 0.190. The molecule has 0 unspecified atom stereocenters. The highest BCUT2D eigenvalue weighted by molar-refractivity contribution is 14.1. The molecule has 7 nitrogen and oxygen atoms in total. The van der Waals surface area contributed by atoms with Crippen LogP contribution in [0, 0.1) is 14.1 Å². The van der Waals surface area contributed by atoms with Gasteiger partial charge in [0.25, 0.3) is 0 Å². The quantitative estimate of drug-likeness (QED) is 0.383. The van der Waals surface area contributed by atoms with E-state index in [9.17, 15) is 14.7 Å². The lowest BCUT2D eigenvalue weighted by Crippen LogP contribution is -2.47. The highest BCUT2D eigenvalue weighted by Gasteiger charge is 2.26. The zero-order chi connectivity index (χ0) is 23.3. The highest BCUT2D eigenvalue weighted by Crippen LogP contribution is 2.29. The highest BCUT2D eigenvalue weighted by atomic mass is 127. The zero-order valence-electron chi connectivity index (χ0n) is 18.0. The third kappa shape index (κ3) is 7.70. The van der Waals surface area contributed by atoms with Gasteiger partial charge in [-0.3, -0.25) is 4.79 Å². The van der Waals surface area contributed by atoms with Crippen LogP contribution in [0.5, 0.6) is 11.5 Å². The minimum Gasteiger partial charge on any atom is -0.506 e. The summed E-state index contributed by atoms with van der Waals surface area (Å²) >= 11 is 4.06. The second-order valence-electron chi connectivity index (χ2n) is 8.00. The smallest absolute Gasteiger partial charge is 0.408 e. The van der Waals surface area contributed by atoms with Crippen molar-refractivity contribution in [3.8, 4) is 11.5 Å². The van der Waals surface area contributed by atoms with Crippen LogP contribution in [0.4, 0.5) is 10.5 Å². The number of halogens is 2. The standard InChI is InChI=1S/C22H26I2N2O5/c1-12-6-7-18(30-5)16(8-12)25-20(28)17(26-21(29)31-22(2,3)4)11-13-9-14(23)19(27)15(24)10-13/h6-10,17,27H,11H2,1-5H3,(H,25,28)(H,26,29)/t17-/m0/s1. The molecule has 0 bridgehead atoms. The molecule has 0 spiro atoms. The summed E-state index contributed by atoms with van der Waals surface area (Å²) in [6.07, 6.45) is -0.474. The van der Waals surface area contributed by atoms with Gasteiger partial charge >= 0.3 is 6.09 Å². The Balaban J connectivity index is 2.31. The number of hydrogen-bond donors (Lipinski definition) is 3. The van der Waals surface area contributed by atoms with Crippen LogP contribution in [0.1, 0.15) is 31.9 Å². The molecule has 0 aromatic heterocycles. The Morgan fingerprint density at radius 2 is 1.74 bits per heavy atom. The van der Waals surface area contributed by atoms with E-state index in [1.54, 1.807) is 45.0 Å². The van der Waals surface area contributed by atoms with E-state index >= 15 is 0 Å². The molecule has 0 saturated carbocycles. The van der Waals surface area contributed by atoms with Crippen molar-refractivity contribution >= 4 is 62.9 Å². The van der Waals surface area contributed by atoms with E-state index in [-0.39, 0.29) is 12.2 Å². The summed E-state index contributed by atoms with van der Waals surface area (Å²) in [4.78, 5) is 25.5. The van der Waals surface area contributed by atoms with Crippen molar-refractivity contribution in [1.29, 1.82) is 0 Å². The van der Waals surface area contributed by atoms with Gasteiger partial charge in [0, 0.05) is 6.42 Å². The van der Waals surface area contributed by atoms with Crippen molar-refractivity contribution < 1.29 is 24.2 Å². The summed E-state index contributed by atoms with van der Waals surface area (Å²) in [6.45, 7) is 7.17. The third-order valence-electron chi connectivity index (χ3n) is 4.14. The van der Waals surface area contributed by atoms with Gasteiger partial charge in [0.2, 0.25) is 5.91 Å². The Morgan fingerprint density at radius 3 is 2.29 bits per heavy atom. The predicted octanol–water partition coefficient (Wildman–Crippen LogP) is 4.99. The average Bonchev–Trinajstić information content (AvgIpc) is 2.64. The number of alkyl carbamates (subject to hydrolysis) is 1. The number of nitrogens with one attached hydrogen (secondary N) is 2. The lowest BCUT2D eigenvalue weighted by Gasteiger charge is -2.24. The number of methoxy groups -OCH3 is 1. The first-order valence-corrected chi connectivity index (χ1v) is 11.7.